The van der Waals surface area contributed by atoms with Crippen LogP contribution in [0.15, 0.2) is 12.2 Å². The van der Waals surface area contributed by atoms with Crippen LogP contribution < -0.4 is 0 Å². The molecule has 8 heavy (non-hydrogen) atoms. The lowest BCUT2D eigenvalue weighted by Gasteiger charge is -1.90. The van der Waals surface area contributed by atoms with Gasteiger partial charge in [-0.2, -0.15) is 0 Å². The van der Waals surface area contributed by atoms with Crippen molar-refractivity contribution >= 4 is 0 Å². The molecule has 0 radical (unpaired) electrons. The number of allylic oxidation sites excluding steroid dienone is 1. The second-order valence-electron chi connectivity index (χ2n) is 1.63. The largest absolute Gasteiger partial charge is 0.365 e. The molecule has 0 saturated carbocycles. The molecule has 0 unspecified atom stereocenters. The number of hydrogen-bond acceptors (Lipinski definition) is 2. The van der Waals surface area contributed by atoms with Gasteiger partial charge in [0.05, 0.1) is 0 Å². The van der Waals surface area contributed by atoms with E-state index in [9.17, 15) is 0 Å². The Morgan fingerprint density at radius 1 is 1.50 bits per heavy atom. The molecule has 0 aliphatic heterocycles. The fourth-order valence-corrected chi connectivity index (χ4v) is 0.385. The lowest BCUT2D eigenvalue weighted by molar-refractivity contribution is 0.00217. The standard InChI is InChI=1S/C6H12O2/c1-2-3-4-5-6(7)8/h4-8H,2-3H2,1H3. The van der Waals surface area contributed by atoms with Crippen molar-refractivity contribution in [2.45, 2.75) is 26.1 Å². The van der Waals surface area contributed by atoms with Gasteiger partial charge in [0.15, 0.2) is 6.29 Å². The van der Waals surface area contributed by atoms with E-state index < -0.39 is 6.29 Å². The molecule has 0 saturated heterocycles. The molecule has 0 aliphatic carbocycles. The molecule has 0 rings (SSSR count). The molecule has 0 aromatic heterocycles. The van der Waals surface area contributed by atoms with Crippen molar-refractivity contribution in [1.29, 1.82) is 0 Å². The Bertz CT molecular complexity index is 66.9. The molecule has 2 N–H and O–H groups in total. The van der Waals surface area contributed by atoms with E-state index in [0.717, 1.165) is 12.8 Å². The van der Waals surface area contributed by atoms with E-state index in [4.69, 9.17) is 10.2 Å². The summed E-state index contributed by atoms with van der Waals surface area (Å²) >= 11 is 0. The molecule has 0 aromatic rings. The van der Waals surface area contributed by atoms with Crippen LogP contribution in [0.25, 0.3) is 0 Å². The summed E-state index contributed by atoms with van der Waals surface area (Å²) in [4.78, 5) is 0. The van der Waals surface area contributed by atoms with E-state index >= 15 is 0 Å². The van der Waals surface area contributed by atoms with Gasteiger partial charge in [-0.25, -0.2) is 0 Å². The number of aliphatic hydroxyl groups excluding tert-OH is 1. The third kappa shape index (κ3) is 5.66. The Hall–Kier alpha value is -0.340. The number of hydrogen-bond donors (Lipinski definition) is 2. The molecule has 0 bridgehead atoms. The summed E-state index contributed by atoms with van der Waals surface area (Å²) in [6.07, 6.45) is 3.80. The SMILES string of the molecule is CCCC=CC(O)O. The van der Waals surface area contributed by atoms with E-state index in [1.807, 2.05) is 6.92 Å². The molecule has 0 spiro atoms. The normalized spacial score (nSPS) is 11.5. The summed E-state index contributed by atoms with van der Waals surface area (Å²) in [5, 5.41) is 16.5. The van der Waals surface area contributed by atoms with Crippen LogP contribution in [0.5, 0.6) is 0 Å². The molecule has 0 amide bonds. The van der Waals surface area contributed by atoms with E-state index in [1.165, 1.54) is 6.08 Å². The Kier molecular flexibility index (Phi) is 4.61. The van der Waals surface area contributed by atoms with Crippen LogP contribution in [0, 0.1) is 0 Å². The summed E-state index contributed by atoms with van der Waals surface area (Å²) in [6.45, 7) is 2.04. The zero-order chi connectivity index (χ0) is 6.41. The average Bonchev–Trinajstić information content (AvgIpc) is 1.66. The van der Waals surface area contributed by atoms with Gasteiger partial charge >= 0.3 is 0 Å². The van der Waals surface area contributed by atoms with E-state index in [1.54, 1.807) is 6.08 Å². The first kappa shape index (κ1) is 7.66. The van der Waals surface area contributed by atoms with Crippen molar-refractivity contribution < 1.29 is 10.2 Å². The second-order valence-corrected chi connectivity index (χ2v) is 1.63. The summed E-state index contributed by atoms with van der Waals surface area (Å²) in [6, 6.07) is 0. The highest BCUT2D eigenvalue weighted by Gasteiger charge is 1.83. The Morgan fingerprint density at radius 3 is 2.50 bits per heavy atom. The van der Waals surface area contributed by atoms with Gasteiger partial charge in [-0.1, -0.05) is 19.4 Å². The van der Waals surface area contributed by atoms with Crippen LogP contribution in [-0.2, 0) is 0 Å². The summed E-state index contributed by atoms with van der Waals surface area (Å²) in [7, 11) is 0. The third-order valence-corrected chi connectivity index (χ3v) is 0.764. The molecule has 2 nitrogen and oxygen atoms in total. The Morgan fingerprint density at radius 2 is 2.12 bits per heavy atom. The van der Waals surface area contributed by atoms with Crippen molar-refractivity contribution in [3.8, 4) is 0 Å². The molecule has 0 fully saturated rings. The van der Waals surface area contributed by atoms with Gasteiger partial charge in [0.25, 0.3) is 0 Å². The number of rotatable bonds is 3. The number of aliphatic hydroxyl groups is 2. The summed E-state index contributed by atoms with van der Waals surface area (Å²) < 4.78 is 0. The summed E-state index contributed by atoms with van der Waals surface area (Å²) in [5.74, 6) is 0. The number of unbranched alkanes of at least 4 members (excludes halogenated alkanes) is 1. The predicted molar refractivity (Wildman–Crippen MR) is 32.3 cm³/mol. The van der Waals surface area contributed by atoms with Crippen LogP contribution in [0.4, 0.5) is 0 Å². The van der Waals surface area contributed by atoms with Gasteiger partial charge in [-0.3, -0.25) is 0 Å². The monoisotopic (exact) mass is 116 g/mol. The molecular formula is C6H12O2. The van der Waals surface area contributed by atoms with Crippen molar-refractivity contribution in [3.63, 3.8) is 0 Å². The van der Waals surface area contributed by atoms with Gasteiger partial charge in [0.1, 0.15) is 0 Å². The van der Waals surface area contributed by atoms with E-state index in [2.05, 4.69) is 0 Å². The van der Waals surface area contributed by atoms with Gasteiger partial charge in [0, 0.05) is 0 Å². The van der Waals surface area contributed by atoms with Crippen LogP contribution in [0.2, 0.25) is 0 Å². The van der Waals surface area contributed by atoms with Gasteiger partial charge in [-0.15, -0.1) is 0 Å². The lowest BCUT2D eigenvalue weighted by Crippen LogP contribution is -1.96. The van der Waals surface area contributed by atoms with Crippen LogP contribution in [0.3, 0.4) is 0 Å². The maximum Gasteiger partial charge on any atom is 0.171 e. The maximum atomic E-state index is 8.25. The predicted octanol–water partition coefficient (Wildman–Crippen LogP) is 0.653. The molecule has 2 heteroatoms. The molecule has 48 valence electrons. The quantitative estimate of drug-likeness (QED) is 0.420. The first-order chi connectivity index (χ1) is 3.77. The maximum absolute atomic E-state index is 8.25. The highest BCUT2D eigenvalue weighted by Crippen LogP contribution is 1.88. The fraction of sp³-hybridized carbons (Fsp3) is 0.667. The van der Waals surface area contributed by atoms with Crippen molar-refractivity contribution in [1.82, 2.24) is 0 Å². The Balaban J connectivity index is 3.07. The van der Waals surface area contributed by atoms with Crippen LogP contribution in [-0.4, -0.2) is 16.5 Å². The van der Waals surface area contributed by atoms with Crippen LogP contribution >= 0.6 is 0 Å². The molecular weight excluding hydrogens is 104 g/mol. The van der Waals surface area contributed by atoms with Crippen molar-refractivity contribution in [2.75, 3.05) is 0 Å². The topological polar surface area (TPSA) is 40.5 Å². The molecule has 0 atom stereocenters. The fourth-order valence-electron chi connectivity index (χ4n) is 0.385. The zero-order valence-electron chi connectivity index (χ0n) is 5.04. The van der Waals surface area contributed by atoms with E-state index in [0.29, 0.717) is 0 Å². The smallest absolute Gasteiger partial charge is 0.171 e. The average molecular weight is 116 g/mol. The summed E-state index contributed by atoms with van der Waals surface area (Å²) in [5.41, 5.74) is 0. The minimum absolute atomic E-state index is 0.914. The first-order valence-corrected chi connectivity index (χ1v) is 2.80. The van der Waals surface area contributed by atoms with Gasteiger partial charge in [-0.05, 0) is 12.5 Å². The van der Waals surface area contributed by atoms with E-state index in [-0.39, 0.29) is 0 Å². The minimum Gasteiger partial charge on any atom is -0.365 e. The minimum atomic E-state index is -1.28. The van der Waals surface area contributed by atoms with Crippen LogP contribution in [0.1, 0.15) is 19.8 Å². The zero-order valence-corrected chi connectivity index (χ0v) is 5.04. The van der Waals surface area contributed by atoms with Gasteiger partial charge < -0.3 is 10.2 Å². The van der Waals surface area contributed by atoms with Gasteiger partial charge in [0.2, 0.25) is 0 Å². The molecule has 0 aliphatic rings. The molecule has 0 aromatic carbocycles. The highest BCUT2D eigenvalue weighted by molar-refractivity contribution is 4.82. The third-order valence-electron chi connectivity index (χ3n) is 0.764. The lowest BCUT2D eigenvalue weighted by atomic mass is 10.3. The van der Waals surface area contributed by atoms with Crippen molar-refractivity contribution in [3.05, 3.63) is 12.2 Å². The molecule has 0 heterocycles. The first-order valence-electron chi connectivity index (χ1n) is 2.80. The Labute approximate surface area is 49.5 Å². The van der Waals surface area contributed by atoms with Crippen molar-refractivity contribution in [2.24, 2.45) is 0 Å². The highest BCUT2D eigenvalue weighted by atomic mass is 16.5. The second kappa shape index (κ2) is 4.81.